The minimum atomic E-state index is -0.675. The van der Waals surface area contributed by atoms with Crippen LogP contribution in [0, 0.1) is 18.8 Å². The molecule has 6 nitrogen and oxygen atoms in total. The Kier molecular flexibility index (Phi) is 13.5. The Bertz CT molecular complexity index is 1000. The normalized spacial score (nSPS) is 23.8. The fourth-order valence-corrected chi connectivity index (χ4v) is 6.69. The van der Waals surface area contributed by atoms with Crippen molar-refractivity contribution in [3.05, 3.63) is 33.2 Å². The first-order valence-corrected chi connectivity index (χ1v) is 16.4. The summed E-state index contributed by atoms with van der Waals surface area (Å²) in [6, 6.07) is 2.42. The predicted molar refractivity (Wildman–Crippen MR) is 167 cm³/mol. The fourth-order valence-electron chi connectivity index (χ4n) is 6.69. The highest BCUT2D eigenvalue weighted by molar-refractivity contribution is 5.78. The zero-order valence-corrected chi connectivity index (χ0v) is 26.8. The van der Waals surface area contributed by atoms with Crippen molar-refractivity contribution < 1.29 is 13.9 Å². The van der Waals surface area contributed by atoms with Gasteiger partial charge in [0.2, 0.25) is 0 Å². The molecular formula is C34H58FN3O3. The van der Waals surface area contributed by atoms with Crippen LogP contribution < -0.4 is 10.9 Å². The molecular weight excluding hydrogens is 517 g/mol. The molecule has 3 atom stereocenters. The van der Waals surface area contributed by atoms with Gasteiger partial charge in [0, 0.05) is 55.2 Å². The third kappa shape index (κ3) is 11.2. The molecule has 41 heavy (non-hydrogen) atoms. The van der Waals surface area contributed by atoms with Gasteiger partial charge >= 0.3 is 0 Å². The molecule has 2 fully saturated rings. The highest BCUT2D eigenvalue weighted by Gasteiger charge is 2.27. The number of hydrogen-bond acceptors (Lipinski definition) is 5. The van der Waals surface area contributed by atoms with Crippen molar-refractivity contribution in [2.24, 2.45) is 11.8 Å². The lowest BCUT2D eigenvalue weighted by molar-refractivity contribution is -0.119. The average Bonchev–Trinajstić information content (AvgIpc) is 2.94. The summed E-state index contributed by atoms with van der Waals surface area (Å²) in [4.78, 5) is 31.4. The van der Waals surface area contributed by atoms with Crippen molar-refractivity contribution in [1.29, 1.82) is 0 Å². The van der Waals surface area contributed by atoms with E-state index in [0.29, 0.717) is 61.9 Å². The summed E-state index contributed by atoms with van der Waals surface area (Å²) in [6.45, 7) is 18.0. The smallest absolute Gasteiger partial charge is 0.251 e. The molecule has 0 amide bonds. The first kappa shape index (κ1) is 33.9. The molecule has 2 N–H and O–H groups in total. The van der Waals surface area contributed by atoms with Crippen molar-refractivity contribution in [1.82, 2.24) is 15.2 Å². The zero-order chi connectivity index (χ0) is 30.0. The van der Waals surface area contributed by atoms with Crippen molar-refractivity contribution in [2.75, 3.05) is 32.8 Å². The molecule has 2 aliphatic rings. The number of aryl methyl sites for hydroxylation is 1. The molecule has 1 saturated heterocycles. The Morgan fingerprint density at radius 1 is 1.22 bits per heavy atom. The van der Waals surface area contributed by atoms with Gasteiger partial charge in [-0.15, -0.1) is 0 Å². The van der Waals surface area contributed by atoms with Gasteiger partial charge in [-0.3, -0.25) is 14.5 Å². The molecule has 2 heterocycles. The summed E-state index contributed by atoms with van der Waals surface area (Å²) in [7, 11) is 0. The molecule has 0 bridgehead atoms. The largest absolute Gasteiger partial charge is 0.376 e. The van der Waals surface area contributed by atoms with E-state index in [2.05, 4.69) is 56.7 Å². The van der Waals surface area contributed by atoms with E-state index in [1.54, 1.807) is 0 Å². The Morgan fingerprint density at radius 3 is 2.66 bits per heavy atom. The maximum Gasteiger partial charge on any atom is 0.251 e. The Labute approximate surface area is 248 Å². The van der Waals surface area contributed by atoms with E-state index in [-0.39, 0.29) is 11.0 Å². The molecule has 3 rings (SSSR count). The van der Waals surface area contributed by atoms with E-state index in [1.807, 2.05) is 6.07 Å². The fraction of sp³-hybridized carbons (Fsp3) is 0.824. The number of carbonyl (C=O) groups excluding carboxylic acids is 1. The van der Waals surface area contributed by atoms with Crippen molar-refractivity contribution >= 4 is 5.78 Å². The lowest BCUT2D eigenvalue weighted by atomic mass is 9.80. The number of nitrogens with zero attached hydrogens (tertiary/aromatic N) is 1. The number of halogens is 1. The minimum Gasteiger partial charge on any atom is -0.376 e. The van der Waals surface area contributed by atoms with Crippen LogP contribution in [-0.2, 0) is 21.4 Å². The van der Waals surface area contributed by atoms with E-state index < -0.39 is 6.17 Å². The quantitative estimate of drug-likeness (QED) is 0.243. The van der Waals surface area contributed by atoms with Crippen LogP contribution in [0.15, 0.2) is 10.9 Å². The Morgan fingerprint density at radius 2 is 1.95 bits per heavy atom. The van der Waals surface area contributed by atoms with Crippen LogP contribution in [0.5, 0.6) is 0 Å². The monoisotopic (exact) mass is 575 g/mol. The lowest BCUT2D eigenvalue weighted by Gasteiger charge is -2.34. The number of morpholine rings is 1. The maximum absolute atomic E-state index is 13.5. The van der Waals surface area contributed by atoms with Crippen LogP contribution in [0.4, 0.5) is 4.39 Å². The predicted octanol–water partition coefficient (Wildman–Crippen LogP) is 6.28. The van der Waals surface area contributed by atoms with Crippen molar-refractivity contribution in [2.45, 2.75) is 136 Å². The van der Waals surface area contributed by atoms with Gasteiger partial charge < -0.3 is 15.0 Å². The molecule has 1 aliphatic heterocycles. The average molecular weight is 576 g/mol. The number of aromatic amines is 1. The molecule has 7 heteroatoms. The topological polar surface area (TPSA) is 74.4 Å². The Hall–Kier alpha value is -1.57. The van der Waals surface area contributed by atoms with Crippen LogP contribution in [0.3, 0.4) is 0 Å². The number of alkyl halides is 1. The SMILES string of the molecule is CC[C@@H]1CN(C[C@H](C)CNC(C)CCCC(=O)CCC(C)(C)c2[nH]c(=O)c(CC3CCC(F)CC3)cc2C)CCO1. The third-order valence-electron chi connectivity index (χ3n) is 9.46. The van der Waals surface area contributed by atoms with Gasteiger partial charge in [-0.2, -0.15) is 0 Å². The summed E-state index contributed by atoms with van der Waals surface area (Å²) in [5, 5.41) is 3.67. The first-order chi connectivity index (χ1) is 19.5. The van der Waals surface area contributed by atoms with Gasteiger partial charge in [-0.25, -0.2) is 4.39 Å². The molecule has 0 radical (unpaired) electrons. The molecule has 1 aromatic rings. The number of ketones is 1. The van der Waals surface area contributed by atoms with Gasteiger partial charge in [-0.05, 0) is 102 Å². The van der Waals surface area contributed by atoms with Crippen LogP contribution in [0.25, 0.3) is 0 Å². The van der Waals surface area contributed by atoms with Crippen molar-refractivity contribution in [3.63, 3.8) is 0 Å². The molecule has 1 aromatic heterocycles. The number of H-pyrrole nitrogens is 1. The highest BCUT2D eigenvalue weighted by atomic mass is 19.1. The number of pyridine rings is 1. The molecule has 1 aliphatic carbocycles. The number of nitrogens with one attached hydrogen (secondary N) is 2. The van der Waals surface area contributed by atoms with E-state index in [1.165, 1.54) is 0 Å². The van der Waals surface area contributed by atoms with Gasteiger partial charge in [0.1, 0.15) is 12.0 Å². The minimum absolute atomic E-state index is 0.0294. The molecule has 0 aromatic carbocycles. The van der Waals surface area contributed by atoms with E-state index >= 15 is 0 Å². The van der Waals surface area contributed by atoms with Crippen LogP contribution >= 0.6 is 0 Å². The second kappa shape index (κ2) is 16.3. The molecule has 1 saturated carbocycles. The third-order valence-corrected chi connectivity index (χ3v) is 9.46. The van der Waals surface area contributed by atoms with E-state index in [0.717, 1.165) is 88.1 Å². The number of ether oxygens (including phenoxy) is 1. The van der Waals surface area contributed by atoms with E-state index in [9.17, 15) is 14.0 Å². The van der Waals surface area contributed by atoms with E-state index in [4.69, 9.17) is 4.74 Å². The second-order valence-electron chi connectivity index (χ2n) is 13.9. The summed E-state index contributed by atoms with van der Waals surface area (Å²) < 4.78 is 19.3. The molecule has 1 unspecified atom stereocenters. The molecule has 234 valence electrons. The maximum atomic E-state index is 13.5. The summed E-state index contributed by atoms with van der Waals surface area (Å²) in [5.41, 5.74) is 2.50. The molecule has 0 spiro atoms. The lowest BCUT2D eigenvalue weighted by Crippen LogP contribution is -2.45. The Balaban J connectivity index is 1.36. The van der Waals surface area contributed by atoms with Gasteiger partial charge in [0.15, 0.2) is 0 Å². The van der Waals surface area contributed by atoms with Crippen molar-refractivity contribution in [3.8, 4) is 0 Å². The van der Waals surface area contributed by atoms with Crippen LogP contribution in [0.2, 0.25) is 0 Å². The van der Waals surface area contributed by atoms with Gasteiger partial charge in [-0.1, -0.05) is 27.7 Å². The second-order valence-corrected chi connectivity index (χ2v) is 13.9. The number of hydrogen-bond donors (Lipinski definition) is 2. The standard InChI is InChI=1S/C34H58FN3O3/c1-7-31-23-38(17-18-41-31)22-24(2)21-36-26(4)9-8-10-30(39)15-16-34(5,6)32-25(3)19-28(33(40)37-32)20-27-11-13-29(35)14-12-27/h19,24,26-27,29,31,36H,7-18,20-23H2,1-6H3,(H,37,40)/t24-,26?,27?,29?,31-/m1/s1. The number of rotatable bonds is 16. The first-order valence-electron chi connectivity index (χ1n) is 16.4. The van der Waals surface area contributed by atoms with Crippen LogP contribution in [0.1, 0.15) is 116 Å². The van der Waals surface area contributed by atoms with Gasteiger partial charge in [0.25, 0.3) is 5.56 Å². The number of aromatic nitrogens is 1. The highest BCUT2D eigenvalue weighted by Crippen LogP contribution is 2.31. The summed E-state index contributed by atoms with van der Waals surface area (Å²) in [5.74, 6) is 1.28. The number of carbonyl (C=O) groups is 1. The van der Waals surface area contributed by atoms with Crippen LogP contribution in [-0.4, -0.2) is 66.8 Å². The summed E-state index contributed by atoms with van der Waals surface area (Å²) >= 11 is 0. The zero-order valence-electron chi connectivity index (χ0n) is 26.8. The summed E-state index contributed by atoms with van der Waals surface area (Å²) in [6.07, 6.45) is 8.20. The van der Waals surface area contributed by atoms with Gasteiger partial charge in [0.05, 0.1) is 12.7 Å². The number of Topliss-reactive ketones (excluding diaryl/α,β-unsaturated/α-hetero) is 1.